The van der Waals surface area contributed by atoms with Crippen molar-refractivity contribution in [2.75, 3.05) is 19.6 Å². The van der Waals surface area contributed by atoms with Crippen molar-refractivity contribution in [1.29, 1.82) is 5.26 Å². The van der Waals surface area contributed by atoms with Crippen molar-refractivity contribution in [1.82, 2.24) is 19.8 Å². The van der Waals surface area contributed by atoms with E-state index in [4.69, 9.17) is 20.7 Å². The number of imidazole rings is 1. The van der Waals surface area contributed by atoms with Gasteiger partial charge in [-0.05, 0) is 49.8 Å². The van der Waals surface area contributed by atoms with E-state index >= 15 is 0 Å². The summed E-state index contributed by atoms with van der Waals surface area (Å²) in [6, 6.07) is 19.2. The van der Waals surface area contributed by atoms with Crippen molar-refractivity contribution < 1.29 is 14.3 Å². The summed E-state index contributed by atoms with van der Waals surface area (Å²) < 4.78 is 7.89. The van der Waals surface area contributed by atoms with Crippen LogP contribution in [0, 0.1) is 11.3 Å². The first-order valence-corrected chi connectivity index (χ1v) is 14.1. The quantitative estimate of drug-likeness (QED) is 0.456. The van der Waals surface area contributed by atoms with Crippen molar-refractivity contribution in [2.24, 2.45) is 5.73 Å². The highest BCUT2D eigenvalue weighted by atomic mass is 16.6. The number of carbonyl (C=O) groups excluding carboxylic acids is 2. The fourth-order valence-electron chi connectivity index (χ4n) is 6.36. The Kier molecular flexibility index (Phi) is 8.17. The van der Waals surface area contributed by atoms with Crippen LogP contribution in [0.4, 0.5) is 4.79 Å². The van der Waals surface area contributed by atoms with Crippen LogP contribution in [0.25, 0.3) is 11.3 Å². The molecular weight excluding hydrogens is 504 g/mol. The first-order chi connectivity index (χ1) is 19.5. The van der Waals surface area contributed by atoms with Gasteiger partial charge in [0.1, 0.15) is 5.60 Å². The number of benzene rings is 2. The van der Waals surface area contributed by atoms with Crippen LogP contribution in [-0.2, 0) is 11.2 Å². The first kappa shape index (κ1) is 27.4. The second-order valence-corrected chi connectivity index (χ2v) is 10.7. The number of ether oxygens (including phenoxy) is 1. The molecule has 1 aromatic heterocycles. The molecule has 1 saturated heterocycles. The molecule has 2 amide bonds. The highest BCUT2D eigenvalue weighted by molar-refractivity contribution is 5.98. The summed E-state index contributed by atoms with van der Waals surface area (Å²) in [7, 11) is 0. The minimum absolute atomic E-state index is 0.0643. The van der Waals surface area contributed by atoms with E-state index in [9.17, 15) is 9.59 Å². The largest absolute Gasteiger partial charge is 0.441 e. The van der Waals surface area contributed by atoms with Crippen molar-refractivity contribution in [3.63, 3.8) is 0 Å². The molecule has 3 atom stereocenters. The number of carbonyl (C=O) groups is 2. The Hall–Kier alpha value is -4.16. The molecule has 40 heavy (non-hydrogen) atoms. The Morgan fingerprint density at radius 1 is 1.18 bits per heavy atom. The summed E-state index contributed by atoms with van der Waals surface area (Å²) in [5.74, 6) is -0.119. The van der Waals surface area contributed by atoms with Crippen LogP contribution in [0.15, 0.2) is 60.9 Å². The SMILES string of the molecule is CC[C@]1(OC(N)=O)CCCC[C@@H]1n1cnc(C(=O)N2CCNCC2Cc2ccc(C#N)cc2)c1-c1ccccc1. The molecule has 2 aromatic carbocycles. The molecule has 9 heteroatoms. The van der Waals surface area contributed by atoms with Crippen LogP contribution < -0.4 is 11.1 Å². The standard InChI is InChI=1S/C31H36N6O3/c1-2-31(40-30(33)39)15-7-6-10-26(31)37-21-35-27(28(37)24-8-4-3-5-9-24)29(38)36-17-16-34-20-25(36)18-22-11-13-23(19-32)14-12-22/h3-5,8-9,11-14,21,25-26,34H,2,6-7,10,15-18,20H2,1H3,(H2,33,39)/t25?,26-,31-/m0/s1. The maximum atomic E-state index is 14.3. The molecule has 2 heterocycles. The monoisotopic (exact) mass is 540 g/mol. The Balaban J connectivity index is 1.53. The van der Waals surface area contributed by atoms with Gasteiger partial charge in [0.25, 0.3) is 5.91 Å². The summed E-state index contributed by atoms with van der Waals surface area (Å²) in [4.78, 5) is 32.9. The Labute approximate surface area is 234 Å². The van der Waals surface area contributed by atoms with Crippen LogP contribution >= 0.6 is 0 Å². The van der Waals surface area contributed by atoms with Crippen LogP contribution in [0.5, 0.6) is 0 Å². The fourth-order valence-corrected chi connectivity index (χ4v) is 6.36. The predicted molar refractivity (Wildman–Crippen MR) is 151 cm³/mol. The number of rotatable bonds is 7. The van der Waals surface area contributed by atoms with Gasteiger partial charge in [-0.3, -0.25) is 4.79 Å². The van der Waals surface area contributed by atoms with E-state index < -0.39 is 11.7 Å². The lowest BCUT2D eigenvalue weighted by Gasteiger charge is -2.43. The highest BCUT2D eigenvalue weighted by Crippen LogP contribution is 2.45. The zero-order valence-corrected chi connectivity index (χ0v) is 22.9. The van der Waals surface area contributed by atoms with E-state index in [0.29, 0.717) is 50.2 Å². The molecule has 208 valence electrons. The average molecular weight is 541 g/mol. The molecule has 0 radical (unpaired) electrons. The van der Waals surface area contributed by atoms with Crippen LogP contribution in [-0.4, -0.2) is 57.7 Å². The maximum Gasteiger partial charge on any atom is 0.405 e. The third kappa shape index (κ3) is 5.45. The number of hydrogen-bond acceptors (Lipinski definition) is 6. The van der Waals surface area contributed by atoms with E-state index in [2.05, 4.69) is 11.4 Å². The lowest BCUT2D eigenvalue weighted by molar-refractivity contribution is -0.0526. The maximum absolute atomic E-state index is 14.3. The number of primary amides is 1. The van der Waals surface area contributed by atoms with Crippen molar-refractivity contribution in [2.45, 2.75) is 63.1 Å². The predicted octanol–water partition coefficient (Wildman–Crippen LogP) is 4.44. The van der Waals surface area contributed by atoms with Gasteiger partial charge in [0, 0.05) is 31.2 Å². The van der Waals surface area contributed by atoms with Gasteiger partial charge in [-0.2, -0.15) is 5.26 Å². The summed E-state index contributed by atoms with van der Waals surface area (Å²) in [5, 5.41) is 12.6. The normalized spacial score (nSPS) is 22.9. The van der Waals surface area contributed by atoms with Gasteiger partial charge < -0.3 is 25.3 Å². The fraction of sp³-hybridized carbons (Fsp3) is 0.419. The molecule has 2 fully saturated rings. The lowest BCUT2D eigenvalue weighted by Crippen LogP contribution is -2.54. The molecule has 1 aliphatic heterocycles. The van der Waals surface area contributed by atoms with Crippen molar-refractivity contribution >= 4 is 12.0 Å². The van der Waals surface area contributed by atoms with Crippen molar-refractivity contribution in [3.05, 3.63) is 77.7 Å². The Bertz CT molecular complexity index is 1380. The summed E-state index contributed by atoms with van der Waals surface area (Å²) >= 11 is 0. The molecule has 0 bridgehead atoms. The summed E-state index contributed by atoms with van der Waals surface area (Å²) in [6.07, 6.45) is 5.65. The number of amides is 2. The van der Waals surface area contributed by atoms with E-state index in [1.165, 1.54) is 0 Å². The van der Waals surface area contributed by atoms with Gasteiger partial charge in [-0.15, -0.1) is 0 Å². The van der Waals surface area contributed by atoms with Gasteiger partial charge in [-0.25, -0.2) is 9.78 Å². The molecule has 3 N–H and O–H groups in total. The van der Waals surface area contributed by atoms with E-state index in [1.807, 2.05) is 71.0 Å². The number of nitrogens with one attached hydrogen (secondary N) is 1. The molecule has 9 nitrogen and oxygen atoms in total. The molecule has 1 unspecified atom stereocenters. The second-order valence-electron chi connectivity index (χ2n) is 10.7. The van der Waals surface area contributed by atoms with Crippen LogP contribution in [0.1, 0.15) is 66.7 Å². The summed E-state index contributed by atoms with van der Waals surface area (Å²) in [6.45, 7) is 3.95. The molecule has 3 aromatic rings. The third-order valence-corrected chi connectivity index (χ3v) is 8.38. The smallest absolute Gasteiger partial charge is 0.405 e. The third-order valence-electron chi connectivity index (χ3n) is 8.38. The molecule has 1 aliphatic carbocycles. The number of hydrogen-bond donors (Lipinski definition) is 2. The topological polar surface area (TPSA) is 126 Å². The van der Waals surface area contributed by atoms with Crippen LogP contribution in [0.2, 0.25) is 0 Å². The zero-order valence-electron chi connectivity index (χ0n) is 22.9. The number of nitrogens with zero attached hydrogens (tertiary/aromatic N) is 4. The minimum atomic E-state index is -0.780. The average Bonchev–Trinajstić information content (AvgIpc) is 3.42. The van der Waals surface area contributed by atoms with E-state index in [0.717, 1.165) is 36.1 Å². The first-order valence-electron chi connectivity index (χ1n) is 14.1. The molecule has 1 saturated carbocycles. The van der Waals surface area contributed by atoms with E-state index in [1.54, 1.807) is 6.33 Å². The van der Waals surface area contributed by atoms with Crippen molar-refractivity contribution in [3.8, 4) is 17.3 Å². The molecule has 2 aliphatic rings. The highest BCUT2D eigenvalue weighted by Gasteiger charge is 2.45. The summed E-state index contributed by atoms with van der Waals surface area (Å²) in [5.41, 5.74) is 8.49. The molecule has 5 rings (SSSR count). The van der Waals surface area contributed by atoms with Crippen LogP contribution in [0.3, 0.4) is 0 Å². The van der Waals surface area contributed by atoms with E-state index in [-0.39, 0.29) is 18.0 Å². The molecule has 0 spiro atoms. The number of nitrogens with two attached hydrogens (primary N) is 1. The molecular formula is C31H36N6O3. The zero-order chi connectivity index (χ0) is 28.1. The van der Waals surface area contributed by atoms with Gasteiger partial charge >= 0.3 is 6.09 Å². The minimum Gasteiger partial charge on any atom is -0.441 e. The number of aromatic nitrogens is 2. The Morgan fingerprint density at radius 2 is 1.95 bits per heavy atom. The Morgan fingerprint density at radius 3 is 2.65 bits per heavy atom. The second kappa shape index (κ2) is 11.9. The number of piperazine rings is 1. The number of nitriles is 1. The lowest BCUT2D eigenvalue weighted by atomic mass is 9.78. The van der Waals surface area contributed by atoms with Gasteiger partial charge in [0.2, 0.25) is 0 Å². The van der Waals surface area contributed by atoms with Gasteiger partial charge in [-0.1, -0.05) is 55.8 Å². The van der Waals surface area contributed by atoms with Gasteiger partial charge in [0.15, 0.2) is 5.69 Å². The van der Waals surface area contributed by atoms with Gasteiger partial charge in [0.05, 0.1) is 29.7 Å².